The van der Waals surface area contributed by atoms with E-state index in [1.807, 2.05) is 20.8 Å². The molecule has 0 saturated heterocycles. The second kappa shape index (κ2) is 6.91. The Morgan fingerprint density at radius 2 is 2.00 bits per heavy atom. The first-order valence-corrected chi connectivity index (χ1v) is 4.33. The molecule has 0 radical (unpaired) electrons. The number of hydrogen-bond acceptors (Lipinski definition) is 3. The molecule has 0 aromatic rings. The smallest absolute Gasteiger partial charge is 0.433 e. The average Bonchev–Trinajstić information content (AvgIpc) is 2.10. The molecule has 0 unspecified atom stereocenters. The van der Waals surface area contributed by atoms with Crippen molar-refractivity contribution < 1.29 is 14.4 Å². The minimum Gasteiger partial charge on any atom is -0.448 e. The van der Waals surface area contributed by atoms with Gasteiger partial charge in [-0.05, 0) is 20.3 Å². The van der Waals surface area contributed by atoms with Gasteiger partial charge in [0.2, 0.25) is 0 Å². The van der Waals surface area contributed by atoms with Crippen LogP contribution >= 0.6 is 0 Å². The maximum Gasteiger partial charge on any atom is 0.433 e. The van der Waals surface area contributed by atoms with Crippen LogP contribution in [-0.2, 0) is 9.57 Å². The molecular weight excluding hydrogens is 158 g/mol. The zero-order valence-electron chi connectivity index (χ0n) is 8.00. The SMILES string of the molecule is CCCOC(=O)N(CC)OCC. The molecular formula is C8H17NO3. The Labute approximate surface area is 73.4 Å². The quantitative estimate of drug-likeness (QED) is 0.598. The van der Waals surface area contributed by atoms with Crippen LogP contribution in [0.2, 0.25) is 0 Å². The molecule has 0 atom stereocenters. The minimum absolute atomic E-state index is 0.402. The number of amides is 1. The van der Waals surface area contributed by atoms with Crippen LogP contribution in [0.5, 0.6) is 0 Å². The predicted octanol–water partition coefficient (Wildman–Crippen LogP) is 1.81. The summed E-state index contributed by atoms with van der Waals surface area (Å²) in [6.45, 7) is 7.05. The van der Waals surface area contributed by atoms with Crippen LogP contribution in [0.15, 0.2) is 0 Å². The van der Waals surface area contributed by atoms with Crippen LogP contribution in [-0.4, -0.2) is 30.9 Å². The summed E-state index contributed by atoms with van der Waals surface area (Å²) in [7, 11) is 0. The summed E-state index contributed by atoms with van der Waals surface area (Å²) in [5, 5.41) is 1.22. The van der Waals surface area contributed by atoms with Gasteiger partial charge in [-0.3, -0.25) is 4.84 Å². The van der Waals surface area contributed by atoms with Gasteiger partial charge in [-0.2, -0.15) is 5.06 Å². The fraction of sp³-hybridized carbons (Fsp3) is 0.875. The first-order valence-electron chi connectivity index (χ1n) is 4.33. The molecule has 0 aliphatic rings. The van der Waals surface area contributed by atoms with Gasteiger partial charge >= 0.3 is 6.09 Å². The Bertz CT molecular complexity index is 127. The molecule has 4 nitrogen and oxygen atoms in total. The number of nitrogens with zero attached hydrogens (tertiary/aromatic N) is 1. The normalized spacial score (nSPS) is 9.58. The van der Waals surface area contributed by atoms with E-state index in [1.54, 1.807) is 0 Å². The molecule has 4 heteroatoms. The van der Waals surface area contributed by atoms with Crippen molar-refractivity contribution in [2.24, 2.45) is 0 Å². The lowest BCUT2D eigenvalue weighted by Crippen LogP contribution is -2.31. The molecule has 72 valence electrons. The van der Waals surface area contributed by atoms with Gasteiger partial charge in [0.1, 0.15) is 0 Å². The van der Waals surface area contributed by atoms with E-state index in [9.17, 15) is 4.79 Å². The van der Waals surface area contributed by atoms with Crippen molar-refractivity contribution in [2.75, 3.05) is 19.8 Å². The van der Waals surface area contributed by atoms with Crippen molar-refractivity contribution in [1.29, 1.82) is 0 Å². The fourth-order valence-electron chi connectivity index (χ4n) is 0.690. The van der Waals surface area contributed by atoms with Gasteiger partial charge in [-0.25, -0.2) is 4.79 Å². The monoisotopic (exact) mass is 175 g/mol. The van der Waals surface area contributed by atoms with Crippen LogP contribution in [0.25, 0.3) is 0 Å². The highest BCUT2D eigenvalue weighted by molar-refractivity contribution is 5.66. The van der Waals surface area contributed by atoms with E-state index < -0.39 is 6.09 Å². The van der Waals surface area contributed by atoms with Gasteiger partial charge < -0.3 is 4.74 Å². The predicted molar refractivity (Wildman–Crippen MR) is 45.6 cm³/mol. The van der Waals surface area contributed by atoms with E-state index in [2.05, 4.69) is 0 Å². The summed E-state index contributed by atoms with van der Waals surface area (Å²) < 4.78 is 4.86. The molecule has 12 heavy (non-hydrogen) atoms. The van der Waals surface area contributed by atoms with Gasteiger partial charge in [0.15, 0.2) is 0 Å². The largest absolute Gasteiger partial charge is 0.448 e. The summed E-state index contributed by atoms with van der Waals surface area (Å²) >= 11 is 0. The summed E-state index contributed by atoms with van der Waals surface area (Å²) in [4.78, 5) is 16.1. The zero-order chi connectivity index (χ0) is 9.40. The standard InChI is InChI=1S/C8H17NO3/c1-4-7-11-8(10)9(5-2)12-6-3/h4-7H2,1-3H3. The second-order valence-electron chi connectivity index (χ2n) is 2.23. The van der Waals surface area contributed by atoms with Crippen molar-refractivity contribution in [3.05, 3.63) is 0 Å². The van der Waals surface area contributed by atoms with E-state index in [-0.39, 0.29) is 0 Å². The van der Waals surface area contributed by atoms with Crippen molar-refractivity contribution in [3.63, 3.8) is 0 Å². The maximum atomic E-state index is 11.1. The molecule has 0 aromatic heterocycles. The van der Waals surface area contributed by atoms with Crippen LogP contribution in [0.3, 0.4) is 0 Å². The molecule has 0 heterocycles. The second-order valence-corrected chi connectivity index (χ2v) is 2.23. The summed E-state index contributed by atoms with van der Waals surface area (Å²) in [5.41, 5.74) is 0. The Kier molecular flexibility index (Phi) is 6.47. The molecule has 1 amide bonds. The van der Waals surface area contributed by atoms with Crippen molar-refractivity contribution in [3.8, 4) is 0 Å². The molecule has 0 aromatic carbocycles. The van der Waals surface area contributed by atoms with Gasteiger partial charge in [-0.1, -0.05) is 6.92 Å². The van der Waals surface area contributed by atoms with E-state index in [4.69, 9.17) is 9.57 Å². The highest BCUT2D eigenvalue weighted by atomic mass is 16.7. The summed E-state index contributed by atoms with van der Waals surface area (Å²) in [5.74, 6) is 0. The third kappa shape index (κ3) is 4.18. The van der Waals surface area contributed by atoms with Crippen LogP contribution in [0.4, 0.5) is 4.79 Å². The van der Waals surface area contributed by atoms with Crippen LogP contribution < -0.4 is 0 Å². The first-order chi connectivity index (χ1) is 5.76. The van der Waals surface area contributed by atoms with Gasteiger partial charge in [0.05, 0.1) is 13.2 Å². The number of ether oxygens (including phenoxy) is 1. The molecule has 0 aliphatic carbocycles. The van der Waals surface area contributed by atoms with Gasteiger partial charge in [0, 0.05) is 6.54 Å². The Morgan fingerprint density at radius 3 is 2.42 bits per heavy atom. The lowest BCUT2D eigenvalue weighted by Gasteiger charge is -2.18. The zero-order valence-corrected chi connectivity index (χ0v) is 8.00. The van der Waals surface area contributed by atoms with Crippen molar-refractivity contribution >= 4 is 6.09 Å². The topological polar surface area (TPSA) is 38.8 Å². The van der Waals surface area contributed by atoms with E-state index in [0.29, 0.717) is 19.8 Å². The van der Waals surface area contributed by atoms with Crippen LogP contribution in [0.1, 0.15) is 27.2 Å². The number of carbonyl (C=O) groups is 1. The van der Waals surface area contributed by atoms with Crippen LogP contribution in [0, 0.1) is 0 Å². The Morgan fingerprint density at radius 1 is 1.33 bits per heavy atom. The minimum atomic E-state index is -0.402. The number of carbonyl (C=O) groups excluding carboxylic acids is 1. The molecule has 0 fully saturated rings. The molecule has 0 spiro atoms. The molecule has 0 N–H and O–H groups in total. The van der Waals surface area contributed by atoms with E-state index in [1.165, 1.54) is 5.06 Å². The van der Waals surface area contributed by atoms with E-state index in [0.717, 1.165) is 6.42 Å². The highest BCUT2D eigenvalue weighted by Gasteiger charge is 2.11. The first kappa shape index (κ1) is 11.2. The summed E-state index contributed by atoms with van der Waals surface area (Å²) in [6, 6.07) is 0. The third-order valence-corrected chi connectivity index (χ3v) is 1.21. The third-order valence-electron chi connectivity index (χ3n) is 1.21. The molecule has 0 saturated carbocycles. The average molecular weight is 175 g/mol. The highest BCUT2D eigenvalue weighted by Crippen LogP contribution is 1.95. The van der Waals surface area contributed by atoms with Crippen molar-refractivity contribution in [2.45, 2.75) is 27.2 Å². The number of rotatable bonds is 5. The van der Waals surface area contributed by atoms with Gasteiger partial charge in [-0.15, -0.1) is 0 Å². The summed E-state index contributed by atoms with van der Waals surface area (Å²) in [6.07, 6.45) is 0.427. The number of hydroxylamine groups is 2. The Balaban J connectivity index is 3.69. The van der Waals surface area contributed by atoms with Gasteiger partial charge in [0.25, 0.3) is 0 Å². The van der Waals surface area contributed by atoms with Crippen molar-refractivity contribution in [1.82, 2.24) is 5.06 Å². The molecule has 0 aliphatic heterocycles. The molecule has 0 rings (SSSR count). The number of hydrogen-bond donors (Lipinski definition) is 0. The van der Waals surface area contributed by atoms with E-state index >= 15 is 0 Å². The lowest BCUT2D eigenvalue weighted by molar-refractivity contribution is -0.129. The maximum absolute atomic E-state index is 11.1. The Hall–Kier alpha value is -0.770. The fourth-order valence-corrected chi connectivity index (χ4v) is 0.690. The molecule has 0 bridgehead atoms. The lowest BCUT2D eigenvalue weighted by atomic mass is 10.5.